The number of pyridine rings is 1. The van der Waals surface area contributed by atoms with Crippen LogP contribution in [0.5, 0.6) is 5.75 Å². The molecule has 0 spiro atoms. The van der Waals surface area contributed by atoms with Gasteiger partial charge in [0, 0.05) is 37.0 Å². The van der Waals surface area contributed by atoms with Crippen molar-refractivity contribution in [1.82, 2.24) is 29.3 Å². The SMILES string of the molecule is CCc1nc(-c2c(C)cc(-c3cnc4cc(-c5cnn(C)c5)ccn34)cc2OC)no1. The average Bonchev–Trinajstić information content (AvgIpc) is 3.51. The molecule has 0 saturated carbocycles. The lowest BCUT2D eigenvalue weighted by molar-refractivity contribution is 0.382. The van der Waals surface area contributed by atoms with Crippen molar-refractivity contribution in [3.63, 3.8) is 0 Å². The van der Waals surface area contributed by atoms with Gasteiger partial charge >= 0.3 is 0 Å². The van der Waals surface area contributed by atoms with Gasteiger partial charge in [-0.15, -0.1) is 0 Å². The molecular formula is C23H22N6O2. The van der Waals surface area contributed by atoms with Gasteiger partial charge in [0.1, 0.15) is 11.4 Å². The molecule has 8 nitrogen and oxygen atoms in total. The maximum Gasteiger partial charge on any atom is 0.226 e. The van der Waals surface area contributed by atoms with Crippen molar-refractivity contribution in [3.05, 3.63) is 60.5 Å². The molecule has 0 N–H and O–H groups in total. The first-order valence-corrected chi connectivity index (χ1v) is 10.1. The minimum Gasteiger partial charge on any atom is -0.496 e. The van der Waals surface area contributed by atoms with Crippen molar-refractivity contribution in [1.29, 1.82) is 0 Å². The lowest BCUT2D eigenvalue weighted by Crippen LogP contribution is -1.96. The molecule has 0 bridgehead atoms. The van der Waals surface area contributed by atoms with Crippen LogP contribution in [-0.4, -0.2) is 36.4 Å². The summed E-state index contributed by atoms with van der Waals surface area (Å²) in [5.74, 6) is 1.84. The molecule has 8 heteroatoms. The highest BCUT2D eigenvalue weighted by atomic mass is 16.5. The molecule has 0 atom stereocenters. The van der Waals surface area contributed by atoms with Crippen LogP contribution in [-0.2, 0) is 13.5 Å². The molecule has 156 valence electrons. The van der Waals surface area contributed by atoms with Crippen molar-refractivity contribution in [3.8, 4) is 39.5 Å². The van der Waals surface area contributed by atoms with Gasteiger partial charge in [-0.05, 0) is 42.3 Å². The van der Waals surface area contributed by atoms with E-state index in [1.54, 1.807) is 11.8 Å². The Kier molecular flexibility index (Phi) is 4.54. The van der Waals surface area contributed by atoms with E-state index in [9.17, 15) is 0 Å². The molecule has 0 aliphatic rings. The summed E-state index contributed by atoms with van der Waals surface area (Å²) < 4.78 is 14.8. The molecule has 0 aliphatic carbocycles. The Hall–Kier alpha value is -3.94. The summed E-state index contributed by atoms with van der Waals surface area (Å²) in [5, 5.41) is 8.37. The van der Waals surface area contributed by atoms with Gasteiger partial charge in [-0.25, -0.2) is 4.98 Å². The van der Waals surface area contributed by atoms with E-state index in [0.717, 1.165) is 39.2 Å². The quantitative estimate of drug-likeness (QED) is 0.426. The van der Waals surface area contributed by atoms with Crippen molar-refractivity contribution in [2.75, 3.05) is 7.11 Å². The largest absolute Gasteiger partial charge is 0.496 e. The first kappa shape index (κ1) is 19.0. The van der Waals surface area contributed by atoms with Crippen LogP contribution < -0.4 is 4.74 Å². The minimum atomic E-state index is 0.539. The summed E-state index contributed by atoms with van der Waals surface area (Å²) in [7, 11) is 3.56. The summed E-state index contributed by atoms with van der Waals surface area (Å²) in [6.45, 7) is 4.00. The van der Waals surface area contributed by atoms with E-state index < -0.39 is 0 Å². The summed E-state index contributed by atoms with van der Waals surface area (Å²) in [6, 6.07) is 8.21. The summed E-state index contributed by atoms with van der Waals surface area (Å²) in [4.78, 5) is 9.09. The zero-order valence-electron chi connectivity index (χ0n) is 17.8. The van der Waals surface area contributed by atoms with Crippen molar-refractivity contribution >= 4 is 5.65 Å². The van der Waals surface area contributed by atoms with Gasteiger partial charge in [0.05, 0.1) is 30.8 Å². The van der Waals surface area contributed by atoms with Crippen LogP contribution >= 0.6 is 0 Å². The Bertz CT molecular complexity index is 1390. The second-order valence-corrected chi connectivity index (χ2v) is 7.43. The van der Waals surface area contributed by atoms with Gasteiger partial charge in [-0.2, -0.15) is 10.1 Å². The number of nitrogens with zero attached hydrogens (tertiary/aromatic N) is 6. The standard InChI is InChI=1S/C23H22N6O2/c1-5-21-26-23(27-31-21)22-14(2)8-16(9-19(22)30-4)18-12-24-20-10-15(6-7-29(18)20)17-11-25-28(3)13-17/h6-13H,5H2,1-4H3. The number of methoxy groups -OCH3 is 1. The zero-order valence-corrected chi connectivity index (χ0v) is 17.8. The molecule has 0 fully saturated rings. The number of fused-ring (bicyclic) bond motifs is 1. The molecule has 0 aliphatic heterocycles. The number of rotatable bonds is 5. The Labute approximate surface area is 179 Å². The van der Waals surface area contributed by atoms with Crippen LogP contribution in [0.3, 0.4) is 0 Å². The number of imidazole rings is 1. The molecule has 0 unspecified atom stereocenters. The maximum atomic E-state index is 5.69. The predicted molar refractivity (Wildman–Crippen MR) is 117 cm³/mol. The Morgan fingerprint density at radius 1 is 1.10 bits per heavy atom. The van der Waals surface area contributed by atoms with Gasteiger partial charge in [-0.3, -0.25) is 9.08 Å². The highest BCUT2D eigenvalue weighted by molar-refractivity contribution is 5.77. The van der Waals surface area contributed by atoms with Gasteiger partial charge in [0.15, 0.2) is 0 Å². The third-order valence-electron chi connectivity index (χ3n) is 5.36. The first-order chi connectivity index (χ1) is 15.1. The predicted octanol–water partition coefficient (Wildman–Crippen LogP) is 4.33. The van der Waals surface area contributed by atoms with E-state index in [2.05, 4.69) is 42.8 Å². The fraction of sp³-hybridized carbons (Fsp3) is 0.217. The molecule has 4 heterocycles. The van der Waals surface area contributed by atoms with Gasteiger partial charge in [0.2, 0.25) is 11.7 Å². The first-order valence-electron chi connectivity index (χ1n) is 10.1. The molecule has 0 amide bonds. The summed E-state index contributed by atoms with van der Waals surface area (Å²) >= 11 is 0. The Morgan fingerprint density at radius 2 is 1.97 bits per heavy atom. The van der Waals surface area contributed by atoms with Crippen molar-refractivity contribution in [2.45, 2.75) is 20.3 Å². The van der Waals surface area contributed by atoms with E-state index in [-0.39, 0.29) is 0 Å². The smallest absolute Gasteiger partial charge is 0.226 e. The van der Waals surface area contributed by atoms with E-state index in [1.165, 1.54) is 0 Å². The highest BCUT2D eigenvalue weighted by Crippen LogP contribution is 2.36. The lowest BCUT2D eigenvalue weighted by Gasteiger charge is -2.12. The molecule has 0 radical (unpaired) electrons. The number of aromatic nitrogens is 6. The minimum absolute atomic E-state index is 0.539. The number of benzene rings is 1. The summed E-state index contributed by atoms with van der Waals surface area (Å²) in [5.41, 5.74) is 6.81. The second kappa shape index (κ2) is 7.39. The average molecular weight is 414 g/mol. The molecule has 5 rings (SSSR count). The highest BCUT2D eigenvalue weighted by Gasteiger charge is 2.18. The van der Waals surface area contributed by atoms with Crippen LogP contribution in [0.2, 0.25) is 0 Å². The molecule has 5 aromatic rings. The Balaban J connectivity index is 1.59. The zero-order chi connectivity index (χ0) is 21.5. The molecule has 31 heavy (non-hydrogen) atoms. The van der Waals surface area contributed by atoms with Crippen LogP contribution in [0.25, 0.3) is 39.4 Å². The van der Waals surface area contributed by atoms with Gasteiger partial charge in [0.25, 0.3) is 0 Å². The lowest BCUT2D eigenvalue weighted by atomic mass is 10.0. The molecule has 0 saturated heterocycles. The third kappa shape index (κ3) is 3.26. The van der Waals surface area contributed by atoms with Crippen LogP contribution in [0.4, 0.5) is 0 Å². The Morgan fingerprint density at radius 3 is 2.68 bits per heavy atom. The molecule has 1 aromatic carbocycles. The maximum absolute atomic E-state index is 5.69. The topological polar surface area (TPSA) is 83.3 Å². The normalized spacial score (nSPS) is 11.4. The van der Waals surface area contributed by atoms with Crippen molar-refractivity contribution in [2.24, 2.45) is 7.05 Å². The number of hydrogen-bond acceptors (Lipinski definition) is 6. The number of ether oxygens (including phenoxy) is 1. The summed E-state index contributed by atoms with van der Waals surface area (Å²) in [6.07, 6.45) is 8.44. The van der Waals surface area contributed by atoms with Crippen molar-refractivity contribution < 1.29 is 9.26 Å². The fourth-order valence-electron chi connectivity index (χ4n) is 3.79. The number of aryl methyl sites for hydroxylation is 3. The van der Waals surface area contributed by atoms with Crippen LogP contribution in [0.1, 0.15) is 18.4 Å². The van der Waals surface area contributed by atoms with Gasteiger partial charge < -0.3 is 9.26 Å². The van der Waals surface area contributed by atoms with E-state index >= 15 is 0 Å². The van der Waals surface area contributed by atoms with E-state index in [4.69, 9.17) is 9.26 Å². The van der Waals surface area contributed by atoms with E-state index in [0.29, 0.717) is 23.9 Å². The molecule has 4 aromatic heterocycles. The van der Waals surface area contributed by atoms with Crippen LogP contribution in [0.15, 0.2) is 53.6 Å². The van der Waals surface area contributed by atoms with Crippen LogP contribution in [0, 0.1) is 6.92 Å². The monoisotopic (exact) mass is 414 g/mol. The second-order valence-electron chi connectivity index (χ2n) is 7.43. The fourth-order valence-corrected chi connectivity index (χ4v) is 3.79. The molecular weight excluding hydrogens is 392 g/mol. The van der Waals surface area contributed by atoms with E-state index in [1.807, 2.05) is 51.7 Å². The van der Waals surface area contributed by atoms with Gasteiger partial charge in [-0.1, -0.05) is 12.1 Å². The third-order valence-corrected chi connectivity index (χ3v) is 5.36. The number of hydrogen-bond donors (Lipinski definition) is 0.